The lowest BCUT2D eigenvalue weighted by Gasteiger charge is -2.38. The van der Waals surface area contributed by atoms with Crippen molar-refractivity contribution in [3.8, 4) is 0 Å². The Labute approximate surface area is 81.9 Å². The molecule has 4 nitrogen and oxygen atoms in total. The molecule has 14 heavy (non-hydrogen) atoms. The van der Waals surface area contributed by atoms with Crippen LogP contribution in [0.2, 0.25) is 0 Å². The van der Waals surface area contributed by atoms with Gasteiger partial charge in [0.05, 0.1) is 12.1 Å². The molecule has 0 amide bonds. The van der Waals surface area contributed by atoms with Gasteiger partial charge >= 0.3 is 5.97 Å². The molecule has 1 aliphatic rings. The van der Waals surface area contributed by atoms with Gasteiger partial charge < -0.3 is 9.63 Å². The van der Waals surface area contributed by atoms with Gasteiger partial charge in [-0.25, -0.2) is 0 Å². The molecule has 2 rings (SSSR count). The molecule has 0 atom stereocenters. The van der Waals surface area contributed by atoms with E-state index in [1.807, 2.05) is 13.0 Å². The van der Waals surface area contributed by atoms with Crippen LogP contribution in [0, 0.1) is 6.92 Å². The van der Waals surface area contributed by atoms with Crippen LogP contribution in [0.3, 0.4) is 0 Å². The van der Waals surface area contributed by atoms with E-state index in [4.69, 9.17) is 9.63 Å². The fraction of sp³-hybridized carbons (Fsp3) is 0.600. The number of aromatic nitrogens is 1. The van der Waals surface area contributed by atoms with Gasteiger partial charge in [-0.05, 0) is 19.8 Å². The van der Waals surface area contributed by atoms with Crippen molar-refractivity contribution in [3.63, 3.8) is 0 Å². The van der Waals surface area contributed by atoms with Crippen LogP contribution in [0.5, 0.6) is 0 Å². The molecule has 0 aromatic carbocycles. The molecule has 0 radical (unpaired) electrons. The fourth-order valence-corrected chi connectivity index (χ4v) is 2.02. The minimum absolute atomic E-state index is 0.154. The van der Waals surface area contributed by atoms with Crippen LogP contribution in [-0.4, -0.2) is 16.2 Å². The van der Waals surface area contributed by atoms with Crippen molar-refractivity contribution in [2.75, 3.05) is 0 Å². The van der Waals surface area contributed by atoms with Crippen molar-refractivity contribution >= 4 is 5.97 Å². The average Bonchev–Trinajstić information content (AvgIpc) is 2.44. The number of rotatable bonds is 3. The Morgan fingerprint density at radius 1 is 1.71 bits per heavy atom. The van der Waals surface area contributed by atoms with Gasteiger partial charge in [0.15, 0.2) is 0 Å². The van der Waals surface area contributed by atoms with E-state index >= 15 is 0 Å². The van der Waals surface area contributed by atoms with E-state index in [0.29, 0.717) is 0 Å². The van der Waals surface area contributed by atoms with Gasteiger partial charge in [-0.3, -0.25) is 4.79 Å². The van der Waals surface area contributed by atoms with E-state index in [0.717, 1.165) is 30.7 Å². The highest BCUT2D eigenvalue weighted by Crippen LogP contribution is 2.46. The first-order valence-corrected chi connectivity index (χ1v) is 4.78. The number of hydrogen-bond acceptors (Lipinski definition) is 3. The lowest BCUT2D eigenvalue weighted by atomic mass is 9.65. The zero-order valence-electron chi connectivity index (χ0n) is 8.12. The van der Waals surface area contributed by atoms with E-state index in [1.54, 1.807) is 0 Å². The van der Waals surface area contributed by atoms with Gasteiger partial charge in [-0.2, -0.15) is 0 Å². The Balaban J connectivity index is 2.24. The zero-order chi connectivity index (χ0) is 10.2. The number of carbonyl (C=O) groups is 1. The molecule has 0 spiro atoms. The molecule has 0 bridgehead atoms. The molecule has 1 heterocycles. The summed E-state index contributed by atoms with van der Waals surface area (Å²) in [5.41, 5.74) is 0.546. The molecule has 1 fully saturated rings. The van der Waals surface area contributed by atoms with E-state index in [-0.39, 0.29) is 11.8 Å². The summed E-state index contributed by atoms with van der Waals surface area (Å²) in [6, 6.07) is 1.85. The summed E-state index contributed by atoms with van der Waals surface area (Å²) in [5.74, 6) is -0.0256. The van der Waals surface area contributed by atoms with Crippen molar-refractivity contribution in [2.45, 2.75) is 38.0 Å². The first kappa shape index (κ1) is 9.24. The minimum Gasteiger partial charge on any atom is -0.481 e. The Kier molecular flexibility index (Phi) is 2.06. The summed E-state index contributed by atoms with van der Waals surface area (Å²) in [5, 5.41) is 12.6. The quantitative estimate of drug-likeness (QED) is 0.799. The predicted molar refractivity (Wildman–Crippen MR) is 49.0 cm³/mol. The van der Waals surface area contributed by atoms with Crippen LogP contribution >= 0.6 is 0 Å². The number of carboxylic acids is 1. The lowest BCUT2D eigenvalue weighted by molar-refractivity contribution is -0.139. The topological polar surface area (TPSA) is 63.3 Å². The van der Waals surface area contributed by atoms with Crippen LogP contribution in [0.25, 0.3) is 0 Å². The molecule has 1 aromatic rings. The van der Waals surface area contributed by atoms with E-state index in [2.05, 4.69) is 5.16 Å². The Morgan fingerprint density at radius 2 is 2.43 bits per heavy atom. The zero-order valence-corrected chi connectivity index (χ0v) is 8.12. The molecule has 0 saturated heterocycles. The maximum Gasteiger partial charge on any atom is 0.304 e. The molecule has 1 saturated carbocycles. The third-order valence-electron chi connectivity index (χ3n) is 2.95. The second kappa shape index (κ2) is 3.12. The average molecular weight is 195 g/mol. The molecule has 4 heteroatoms. The van der Waals surface area contributed by atoms with E-state index in [9.17, 15) is 4.79 Å². The van der Waals surface area contributed by atoms with Crippen LogP contribution in [0.4, 0.5) is 0 Å². The van der Waals surface area contributed by atoms with Gasteiger partial charge in [-0.1, -0.05) is 11.6 Å². The highest BCUT2D eigenvalue weighted by molar-refractivity contribution is 5.69. The first-order chi connectivity index (χ1) is 6.62. The summed E-state index contributed by atoms with van der Waals surface area (Å²) in [7, 11) is 0. The highest BCUT2D eigenvalue weighted by atomic mass is 16.5. The van der Waals surface area contributed by atoms with E-state index in [1.165, 1.54) is 0 Å². The summed E-state index contributed by atoms with van der Waals surface area (Å²) >= 11 is 0. The molecule has 1 aromatic heterocycles. The molecule has 0 aliphatic heterocycles. The third-order valence-corrected chi connectivity index (χ3v) is 2.95. The maximum absolute atomic E-state index is 10.7. The normalized spacial score (nSPS) is 18.9. The number of hydrogen-bond donors (Lipinski definition) is 1. The summed E-state index contributed by atoms with van der Waals surface area (Å²) < 4.78 is 5.16. The number of nitrogens with zero attached hydrogens (tertiary/aromatic N) is 1. The summed E-state index contributed by atoms with van der Waals surface area (Å²) in [6.45, 7) is 1.85. The standard InChI is InChI=1S/C10H13NO3/c1-7-5-8(14-11-7)10(3-2-4-10)6-9(12)13/h5H,2-4,6H2,1H3,(H,12,13). The number of carboxylic acid groups (broad SMARTS) is 1. The lowest BCUT2D eigenvalue weighted by Crippen LogP contribution is -2.36. The largest absolute Gasteiger partial charge is 0.481 e. The second-order valence-corrected chi connectivity index (χ2v) is 4.04. The van der Waals surface area contributed by atoms with Crippen LogP contribution in [0.1, 0.15) is 37.1 Å². The molecule has 76 valence electrons. The van der Waals surface area contributed by atoms with Crippen LogP contribution < -0.4 is 0 Å². The maximum atomic E-state index is 10.7. The van der Waals surface area contributed by atoms with E-state index < -0.39 is 5.97 Å². The third kappa shape index (κ3) is 1.41. The Bertz CT molecular complexity index is 352. The van der Waals surface area contributed by atoms with Gasteiger partial charge in [0, 0.05) is 11.5 Å². The SMILES string of the molecule is Cc1cc(C2(CC(=O)O)CCC2)on1. The van der Waals surface area contributed by atoms with Crippen molar-refractivity contribution < 1.29 is 14.4 Å². The Hall–Kier alpha value is -1.32. The fourth-order valence-electron chi connectivity index (χ4n) is 2.02. The Morgan fingerprint density at radius 3 is 2.79 bits per heavy atom. The molecule has 1 aliphatic carbocycles. The number of aryl methyl sites for hydroxylation is 1. The predicted octanol–water partition coefficient (Wildman–Crippen LogP) is 1.88. The van der Waals surface area contributed by atoms with Crippen molar-refractivity contribution in [2.24, 2.45) is 0 Å². The van der Waals surface area contributed by atoms with Crippen molar-refractivity contribution in [1.82, 2.24) is 5.16 Å². The van der Waals surface area contributed by atoms with Gasteiger partial charge in [-0.15, -0.1) is 0 Å². The van der Waals surface area contributed by atoms with Crippen LogP contribution in [0.15, 0.2) is 10.6 Å². The van der Waals surface area contributed by atoms with Gasteiger partial charge in [0.2, 0.25) is 0 Å². The summed E-state index contributed by atoms with van der Waals surface area (Å²) in [4.78, 5) is 10.7. The minimum atomic E-state index is -0.765. The van der Waals surface area contributed by atoms with Crippen molar-refractivity contribution in [3.05, 3.63) is 17.5 Å². The number of aliphatic carboxylic acids is 1. The van der Waals surface area contributed by atoms with Gasteiger partial charge in [0.1, 0.15) is 5.76 Å². The van der Waals surface area contributed by atoms with Crippen LogP contribution in [-0.2, 0) is 10.2 Å². The molecule has 0 unspecified atom stereocenters. The van der Waals surface area contributed by atoms with Crippen molar-refractivity contribution in [1.29, 1.82) is 0 Å². The van der Waals surface area contributed by atoms with Gasteiger partial charge in [0.25, 0.3) is 0 Å². The highest BCUT2D eigenvalue weighted by Gasteiger charge is 2.43. The molecular weight excluding hydrogens is 182 g/mol. The first-order valence-electron chi connectivity index (χ1n) is 4.78. The monoisotopic (exact) mass is 195 g/mol. The second-order valence-electron chi connectivity index (χ2n) is 4.04. The molecular formula is C10H13NO3. The molecule has 1 N–H and O–H groups in total. The smallest absolute Gasteiger partial charge is 0.304 e. The summed E-state index contributed by atoms with van der Waals surface area (Å²) in [6.07, 6.45) is 3.02.